The molecule has 49 heavy (non-hydrogen) atoms. The molecule has 0 aliphatic carbocycles. The van der Waals surface area contributed by atoms with Crippen molar-refractivity contribution in [3.8, 4) is 11.3 Å². The van der Waals surface area contributed by atoms with Crippen LogP contribution in [0.2, 0.25) is 10.0 Å². The Hall–Kier alpha value is -4.70. The van der Waals surface area contributed by atoms with Crippen molar-refractivity contribution in [1.29, 1.82) is 0 Å². The summed E-state index contributed by atoms with van der Waals surface area (Å²) in [7, 11) is 0. The van der Waals surface area contributed by atoms with Crippen LogP contribution in [-0.2, 0) is 27.5 Å². The maximum atomic E-state index is 14.1. The van der Waals surface area contributed by atoms with E-state index in [1.54, 1.807) is 30.3 Å². The summed E-state index contributed by atoms with van der Waals surface area (Å²) in [4.78, 5) is 44.6. The summed E-state index contributed by atoms with van der Waals surface area (Å²) in [6.45, 7) is -1.57. The van der Waals surface area contributed by atoms with Crippen LogP contribution in [0.4, 0.5) is 28.2 Å². The van der Waals surface area contributed by atoms with Gasteiger partial charge in [-0.2, -0.15) is 5.06 Å². The molecule has 1 aromatic heterocycles. The average Bonchev–Trinajstić information content (AvgIpc) is 3.57. The molecule has 0 aliphatic rings. The van der Waals surface area contributed by atoms with Crippen LogP contribution < -0.4 is 15.8 Å². The van der Waals surface area contributed by atoms with Crippen LogP contribution in [-0.4, -0.2) is 65.6 Å². The van der Waals surface area contributed by atoms with Crippen molar-refractivity contribution in [3.63, 3.8) is 0 Å². The number of hydrazine groups is 1. The molecule has 4 rings (SSSR count). The molecule has 0 bridgehead atoms. The highest BCUT2D eigenvalue weighted by Crippen LogP contribution is 2.25. The molecule has 0 saturated heterocycles. The highest BCUT2D eigenvalue weighted by molar-refractivity contribution is 6.31. The predicted octanol–water partition coefficient (Wildman–Crippen LogP) is 6.22. The van der Waals surface area contributed by atoms with Gasteiger partial charge in [0.15, 0.2) is 5.76 Å². The molecule has 17 heteroatoms. The maximum Gasteiger partial charge on any atom is 0.317 e. The lowest BCUT2D eigenvalue weighted by molar-refractivity contribution is -0.138. The van der Waals surface area contributed by atoms with Crippen LogP contribution in [0.25, 0.3) is 11.3 Å². The van der Waals surface area contributed by atoms with Crippen LogP contribution in [0, 0.1) is 11.6 Å². The number of anilines is 1. The molecule has 1 heterocycles. The summed E-state index contributed by atoms with van der Waals surface area (Å²) < 4.78 is 60.9. The Bertz CT molecular complexity index is 1740. The van der Waals surface area contributed by atoms with Gasteiger partial charge >= 0.3 is 6.03 Å². The Morgan fingerprint density at radius 1 is 0.939 bits per heavy atom. The largest absolute Gasteiger partial charge is 0.354 e. The number of urea groups is 1. The molecule has 1 atom stereocenters. The minimum Gasteiger partial charge on any atom is -0.354 e. The number of carbonyl (C=O) groups is 3. The number of halogens is 6. The summed E-state index contributed by atoms with van der Waals surface area (Å²) >= 11 is 12.1. The third kappa shape index (κ3) is 10.2. The van der Waals surface area contributed by atoms with Gasteiger partial charge in [0.05, 0.1) is 29.2 Å². The first-order chi connectivity index (χ1) is 23.5. The molecule has 0 radical (unpaired) electrons. The average molecular weight is 726 g/mol. The molecule has 0 aliphatic heterocycles. The second-order valence-electron chi connectivity index (χ2n) is 10.4. The Kier molecular flexibility index (Phi) is 13.4. The van der Waals surface area contributed by atoms with E-state index in [4.69, 9.17) is 32.6 Å². The van der Waals surface area contributed by atoms with Gasteiger partial charge in [0.2, 0.25) is 18.1 Å². The maximum absolute atomic E-state index is 14.1. The van der Waals surface area contributed by atoms with Crippen LogP contribution in [0.15, 0.2) is 77.3 Å². The number of carbonyl (C=O) groups excluding carboxylic acids is 3. The van der Waals surface area contributed by atoms with Crippen LogP contribution in [0.1, 0.15) is 18.1 Å². The molecule has 0 unspecified atom stereocenters. The van der Waals surface area contributed by atoms with Gasteiger partial charge in [0.1, 0.15) is 11.6 Å². The van der Waals surface area contributed by atoms with Crippen molar-refractivity contribution in [2.75, 3.05) is 24.8 Å². The van der Waals surface area contributed by atoms with E-state index in [0.29, 0.717) is 21.3 Å². The normalized spacial score (nSPS) is 11.7. The fourth-order valence-corrected chi connectivity index (χ4v) is 5.00. The highest BCUT2D eigenvalue weighted by Gasteiger charge is 2.30. The third-order valence-electron chi connectivity index (χ3n) is 7.00. The Morgan fingerprint density at radius 3 is 2.16 bits per heavy atom. The van der Waals surface area contributed by atoms with Crippen molar-refractivity contribution in [2.24, 2.45) is 0 Å². The number of benzene rings is 3. The number of alkyl halides is 2. The predicted molar refractivity (Wildman–Crippen MR) is 172 cm³/mol. The molecule has 0 spiro atoms. The van der Waals surface area contributed by atoms with Crippen molar-refractivity contribution in [3.05, 3.63) is 106 Å². The molecule has 4 aromatic rings. The number of nitrogens with one attached hydrogen (secondary N) is 2. The minimum absolute atomic E-state index is 0.0735. The summed E-state index contributed by atoms with van der Waals surface area (Å²) in [5, 5.41) is 7.49. The summed E-state index contributed by atoms with van der Waals surface area (Å²) in [6.07, 6.45) is -2.73. The minimum atomic E-state index is -3.01. The number of rotatable bonds is 16. The van der Waals surface area contributed by atoms with Gasteiger partial charge in [-0.25, -0.2) is 27.8 Å². The van der Waals surface area contributed by atoms with E-state index in [-0.39, 0.29) is 46.5 Å². The smallest absolute Gasteiger partial charge is 0.317 e. The number of hydroxylamine groups is 1. The summed E-state index contributed by atoms with van der Waals surface area (Å²) in [5.74, 6) is -1.87. The van der Waals surface area contributed by atoms with Gasteiger partial charge in [-0.15, -0.1) is 0 Å². The first-order valence-electron chi connectivity index (χ1n) is 14.6. The number of amides is 4. The number of nitrogens with zero attached hydrogens (tertiary/aromatic N) is 4. The van der Waals surface area contributed by atoms with Crippen molar-refractivity contribution < 1.29 is 41.3 Å². The molecule has 4 amide bonds. The van der Waals surface area contributed by atoms with Crippen molar-refractivity contribution in [2.45, 2.75) is 32.5 Å². The fourth-order valence-electron chi connectivity index (χ4n) is 4.62. The van der Waals surface area contributed by atoms with Crippen molar-refractivity contribution in [1.82, 2.24) is 25.8 Å². The Balaban J connectivity index is 1.59. The van der Waals surface area contributed by atoms with Gasteiger partial charge in [-0.1, -0.05) is 83.0 Å². The second-order valence-corrected chi connectivity index (χ2v) is 11.2. The van der Waals surface area contributed by atoms with E-state index in [1.165, 1.54) is 30.3 Å². The number of hydrogen-bond donors (Lipinski definition) is 2. The van der Waals surface area contributed by atoms with Crippen LogP contribution >= 0.6 is 23.2 Å². The molecule has 2 N–H and O–H groups in total. The second kappa shape index (κ2) is 17.6. The van der Waals surface area contributed by atoms with Gasteiger partial charge < -0.3 is 14.7 Å². The van der Waals surface area contributed by atoms with E-state index in [0.717, 1.165) is 24.1 Å². The topological polar surface area (TPSA) is 120 Å². The zero-order valence-corrected chi connectivity index (χ0v) is 27.3. The number of aromatic nitrogens is 1. The molecule has 11 nitrogen and oxygen atoms in total. The zero-order chi connectivity index (χ0) is 35.5. The van der Waals surface area contributed by atoms with E-state index < -0.39 is 55.7 Å². The first kappa shape index (κ1) is 37.1. The fraction of sp³-hybridized carbons (Fsp3) is 0.250. The molecular formula is C32H30Cl2F4N6O5. The molecule has 3 aromatic carbocycles. The molecule has 0 saturated carbocycles. The number of hydrogen-bond acceptors (Lipinski definition) is 7. The molecule has 0 fully saturated rings. The molecule has 260 valence electrons. The van der Waals surface area contributed by atoms with Crippen LogP contribution in [0.5, 0.6) is 0 Å². The molecular weight excluding hydrogens is 695 g/mol. The van der Waals surface area contributed by atoms with Gasteiger partial charge in [0.25, 0.3) is 6.43 Å². The monoisotopic (exact) mass is 724 g/mol. The highest BCUT2D eigenvalue weighted by atomic mass is 35.5. The standard InChI is InChI=1S/C32H30Cl2F4N6O5/c1-20(46)44(40-15-23-10-6-12-26(36)31(23)34)24(18-48-43(19-45)29-13-27(49-41-29)21-7-3-2-4-8-21)16-42(17-28(37)38)32(47)39-14-22-9-5-11-25(35)30(22)33/h2-13,19,24,28,40H,14-18H2,1H3,(H,39,47)/t24-/m0/s1. The lowest BCUT2D eigenvalue weighted by Gasteiger charge is -2.35. The lowest BCUT2D eigenvalue weighted by Crippen LogP contribution is -2.57. The SMILES string of the molecule is CC(=O)N(NCc1cccc(F)c1Cl)[C@H](CON(C=O)c1cc(-c2ccccc2)on1)CN(CC(F)F)C(=O)NCc1cccc(F)c1Cl. The van der Waals surface area contributed by atoms with E-state index in [2.05, 4.69) is 15.9 Å². The summed E-state index contributed by atoms with van der Waals surface area (Å²) in [6, 6.07) is 16.0. The van der Waals surface area contributed by atoms with Gasteiger partial charge in [-0.05, 0) is 23.3 Å². The quantitative estimate of drug-likeness (QED) is 0.0800. The zero-order valence-electron chi connectivity index (χ0n) is 25.8. The third-order valence-corrected chi connectivity index (χ3v) is 7.84. The first-order valence-corrected chi connectivity index (χ1v) is 15.3. The van der Waals surface area contributed by atoms with Crippen LogP contribution in [0.3, 0.4) is 0 Å². The Labute approximate surface area is 288 Å². The van der Waals surface area contributed by atoms with Crippen molar-refractivity contribution >= 4 is 47.4 Å². The van der Waals surface area contributed by atoms with E-state index >= 15 is 0 Å². The lowest BCUT2D eigenvalue weighted by atomic mass is 10.2. The van der Waals surface area contributed by atoms with E-state index in [9.17, 15) is 31.9 Å². The van der Waals surface area contributed by atoms with E-state index in [1.807, 2.05) is 0 Å². The van der Waals surface area contributed by atoms with Gasteiger partial charge in [0, 0.05) is 38.2 Å². The Morgan fingerprint density at radius 2 is 1.57 bits per heavy atom. The summed E-state index contributed by atoms with van der Waals surface area (Å²) in [5.41, 5.74) is 3.89. The van der Waals surface area contributed by atoms with Gasteiger partial charge in [-0.3, -0.25) is 19.4 Å².